The Balaban J connectivity index is 1.76. The largest absolute Gasteiger partial charge is 0.369 e. The van der Waals surface area contributed by atoms with Crippen molar-refractivity contribution in [3.63, 3.8) is 0 Å². The summed E-state index contributed by atoms with van der Waals surface area (Å²) in [7, 11) is 0. The minimum atomic E-state index is -1.54. The molecule has 104 valence electrons. The Morgan fingerprint density at radius 1 is 1.30 bits per heavy atom. The van der Waals surface area contributed by atoms with Crippen molar-refractivity contribution in [1.82, 2.24) is 9.88 Å². The molecule has 2 aromatic rings. The summed E-state index contributed by atoms with van der Waals surface area (Å²) >= 11 is 0. The fourth-order valence-corrected chi connectivity index (χ4v) is 2.23. The van der Waals surface area contributed by atoms with Crippen LogP contribution in [0.3, 0.4) is 0 Å². The van der Waals surface area contributed by atoms with Crippen molar-refractivity contribution in [3.8, 4) is 0 Å². The van der Waals surface area contributed by atoms with Gasteiger partial charge in [-0.15, -0.1) is 0 Å². The van der Waals surface area contributed by atoms with E-state index >= 15 is 0 Å². The minimum absolute atomic E-state index is 0.0381. The predicted molar refractivity (Wildman–Crippen MR) is 74.6 cm³/mol. The maximum Gasteiger partial charge on any atom is 0.141 e. The van der Waals surface area contributed by atoms with Gasteiger partial charge in [0.05, 0.1) is 18.5 Å². The van der Waals surface area contributed by atoms with E-state index in [1.807, 2.05) is 30.3 Å². The molecular weight excluding hydrogens is 255 g/mol. The summed E-state index contributed by atoms with van der Waals surface area (Å²) in [6, 6.07) is 12.7. The molecule has 1 aromatic heterocycles. The lowest BCUT2D eigenvalue weighted by Gasteiger charge is -2.32. The van der Waals surface area contributed by atoms with Crippen LogP contribution in [0.2, 0.25) is 0 Å². The van der Waals surface area contributed by atoms with Crippen LogP contribution in [-0.4, -0.2) is 29.5 Å². The van der Waals surface area contributed by atoms with Gasteiger partial charge in [0.15, 0.2) is 0 Å². The Morgan fingerprint density at radius 2 is 2.15 bits per heavy atom. The average molecular weight is 274 g/mol. The van der Waals surface area contributed by atoms with E-state index in [1.54, 1.807) is 11.0 Å². The first-order valence-corrected chi connectivity index (χ1v) is 6.57. The molecule has 2 heterocycles. The number of rotatable bonds is 3. The highest BCUT2D eigenvalue weighted by atomic mass is 19.1. The molecule has 3 nitrogen and oxygen atoms in total. The molecule has 0 N–H and O–H groups in total. The summed E-state index contributed by atoms with van der Waals surface area (Å²) in [5, 5.41) is 0. The number of halogens is 1. The molecule has 0 aliphatic carbocycles. The third-order valence-electron chi connectivity index (χ3n) is 3.26. The van der Waals surface area contributed by atoms with Crippen LogP contribution in [0.1, 0.15) is 20.1 Å². The molecule has 0 spiro atoms. The topological polar surface area (TPSA) is 25.4 Å². The molecule has 1 unspecified atom stereocenters. The molecular formula is C16H17FN2O. The van der Waals surface area contributed by atoms with Gasteiger partial charge in [-0.2, -0.15) is 0 Å². The highest BCUT2D eigenvalue weighted by Crippen LogP contribution is 2.21. The standard InChI is InChI=1S/C16H17FN2O/c17-14-6-7-15(18-10-14)16-12-19(8-9-20-16)11-13-4-2-1-3-5-13/h1-7,10,16H,8-9,11-12H2/i8D2. The van der Waals surface area contributed by atoms with Crippen LogP contribution < -0.4 is 0 Å². The van der Waals surface area contributed by atoms with Crippen LogP contribution in [0.5, 0.6) is 0 Å². The molecule has 1 aliphatic rings. The van der Waals surface area contributed by atoms with Gasteiger partial charge in [-0.05, 0) is 17.7 Å². The zero-order valence-corrected chi connectivity index (χ0v) is 11.0. The molecule has 1 aliphatic heterocycles. The number of nitrogens with zero attached hydrogens (tertiary/aromatic N) is 2. The number of pyridine rings is 1. The van der Waals surface area contributed by atoms with Gasteiger partial charge in [0.25, 0.3) is 0 Å². The zero-order valence-electron chi connectivity index (χ0n) is 13.0. The van der Waals surface area contributed by atoms with Crippen LogP contribution in [-0.2, 0) is 11.3 Å². The normalized spacial score (nSPS) is 23.9. The Bertz CT molecular complexity index is 622. The maximum atomic E-state index is 13.0. The summed E-state index contributed by atoms with van der Waals surface area (Å²) < 4.78 is 34.8. The van der Waals surface area contributed by atoms with Gasteiger partial charge in [0, 0.05) is 22.3 Å². The van der Waals surface area contributed by atoms with E-state index < -0.39 is 12.3 Å². The number of benzene rings is 1. The summed E-state index contributed by atoms with van der Waals surface area (Å²) in [5.74, 6) is -0.393. The minimum Gasteiger partial charge on any atom is -0.369 e. The monoisotopic (exact) mass is 274 g/mol. The molecule has 0 saturated carbocycles. The average Bonchev–Trinajstić information content (AvgIpc) is 2.51. The SMILES string of the molecule is [2H]C1([2H])COC(c2ccc(F)cn2)CN1Cc1ccccc1. The number of aromatic nitrogens is 1. The Morgan fingerprint density at radius 3 is 2.90 bits per heavy atom. The van der Waals surface area contributed by atoms with Crippen LogP contribution in [0.4, 0.5) is 4.39 Å². The lowest BCUT2D eigenvalue weighted by Crippen LogP contribution is -2.38. The van der Waals surface area contributed by atoms with Crippen LogP contribution >= 0.6 is 0 Å². The summed E-state index contributed by atoms with van der Waals surface area (Å²) in [6.07, 6.45) is 0.803. The molecule has 1 atom stereocenters. The first kappa shape index (κ1) is 10.9. The summed E-state index contributed by atoms with van der Waals surface area (Å²) in [6.45, 7) is -0.703. The smallest absolute Gasteiger partial charge is 0.141 e. The molecule has 0 radical (unpaired) electrons. The number of hydrogen-bond acceptors (Lipinski definition) is 3. The van der Waals surface area contributed by atoms with E-state index in [1.165, 1.54) is 6.07 Å². The first-order chi connectivity index (χ1) is 10.5. The second kappa shape index (κ2) is 6.11. The predicted octanol–water partition coefficient (Wildman–Crippen LogP) is 2.79. The molecule has 1 fully saturated rings. The zero-order chi connectivity index (χ0) is 15.6. The number of morpholine rings is 1. The molecule has 0 bridgehead atoms. The Labute approximate surface area is 120 Å². The van der Waals surface area contributed by atoms with Crippen molar-refractivity contribution >= 4 is 0 Å². The second-order valence-electron chi connectivity index (χ2n) is 4.73. The van der Waals surface area contributed by atoms with Gasteiger partial charge in [0.2, 0.25) is 0 Å². The van der Waals surface area contributed by atoms with E-state index in [2.05, 4.69) is 4.98 Å². The van der Waals surface area contributed by atoms with Gasteiger partial charge < -0.3 is 4.74 Å². The third-order valence-corrected chi connectivity index (χ3v) is 3.26. The molecule has 4 heteroatoms. The second-order valence-corrected chi connectivity index (χ2v) is 4.73. The molecule has 1 saturated heterocycles. The highest BCUT2D eigenvalue weighted by molar-refractivity contribution is 5.15. The summed E-state index contributed by atoms with van der Waals surface area (Å²) in [4.78, 5) is 5.78. The van der Waals surface area contributed by atoms with Gasteiger partial charge in [-0.1, -0.05) is 30.3 Å². The van der Waals surface area contributed by atoms with Crippen LogP contribution in [0.25, 0.3) is 0 Å². The molecule has 20 heavy (non-hydrogen) atoms. The van der Waals surface area contributed by atoms with Gasteiger partial charge in [0.1, 0.15) is 11.9 Å². The molecule has 1 aromatic carbocycles. The number of ether oxygens (including phenoxy) is 1. The first-order valence-electron chi connectivity index (χ1n) is 7.57. The molecule has 0 amide bonds. The fourth-order valence-electron chi connectivity index (χ4n) is 2.23. The van der Waals surface area contributed by atoms with Crippen molar-refractivity contribution < 1.29 is 11.9 Å². The van der Waals surface area contributed by atoms with Crippen molar-refractivity contribution in [2.45, 2.75) is 12.6 Å². The van der Waals surface area contributed by atoms with Gasteiger partial charge in [-0.3, -0.25) is 9.88 Å². The van der Waals surface area contributed by atoms with Gasteiger partial charge in [-0.25, -0.2) is 4.39 Å². The fraction of sp³-hybridized carbons (Fsp3) is 0.312. The molecule has 3 rings (SSSR count). The van der Waals surface area contributed by atoms with Crippen molar-refractivity contribution in [2.24, 2.45) is 0 Å². The highest BCUT2D eigenvalue weighted by Gasteiger charge is 2.22. The van der Waals surface area contributed by atoms with Crippen LogP contribution in [0, 0.1) is 5.82 Å². The van der Waals surface area contributed by atoms with E-state index in [0.717, 1.165) is 11.8 Å². The van der Waals surface area contributed by atoms with E-state index in [4.69, 9.17) is 7.48 Å². The quantitative estimate of drug-likeness (QED) is 0.860. The lowest BCUT2D eigenvalue weighted by molar-refractivity contribution is -0.0350. The van der Waals surface area contributed by atoms with Crippen molar-refractivity contribution in [3.05, 3.63) is 65.7 Å². The maximum absolute atomic E-state index is 13.0. The lowest BCUT2D eigenvalue weighted by atomic mass is 10.1. The van der Waals surface area contributed by atoms with Crippen molar-refractivity contribution in [1.29, 1.82) is 0 Å². The Kier molecular flexibility index (Phi) is 3.35. The summed E-state index contributed by atoms with van der Waals surface area (Å²) in [5.41, 5.74) is 1.66. The number of hydrogen-bond donors (Lipinski definition) is 0. The van der Waals surface area contributed by atoms with Gasteiger partial charge >= 0.3 is 0 Å². The van der Waals surface area contributed by atoms with E-state index in [9.17, 15) is 4.39 Å². The Hall–Kier alpha value is -1.78. The van der Waals surface area contributed by atoms with Crippen molar-refractivity contribution in [2.75, 3.05) is 19.6 Å². The third kappa shape index (κ3) is 3.21. The van der Waals surface area contributed by atoms with E-state index in [0.29, 0.717) is 18.8 Å². The van der Waals surface area contributed by atoms with Crippen LogP contribution in [0.15, 0.2) is 48.7 Å². The van der Waals surface area contributed by atoms with E-state index in [-0.39, 0.29) is 12.7 Å².